The lowest BCUT2D eigenvalue weighted by molar-refractivity contribution is -0.137. The minimum Gasteiger partial charge on any atom is -0.379 e. The van der Waals surface area contributed by atoms with Crippen LogP contribution in [0.5, 0.6) is 0 Å². The Hall–Kier alpha value is -2.59. The van der Waals surface area contributed by atoms with Crippen LogP contribution in [0.15, 0.2) is 55.8 Å². The van der Waals surface area contributed by atoms with Crippen molar-refractivity contribution in [1.82, 2.24) is 9.55 Å². The zero-order valence-electron chi connectivity index (χ0n) is 15.1. The van der Waals surface area contributed by atoms with E-state index >= 15 is 0 Å². The fourth-order valence-corrected chi connectivity index (χ4v) is 6.19. The van der Waals surface area contributed by atoms with E-state index in [4.69, 9.17) is 4.74 Å². The molecule has 2 aromatic carbocycles. The van der Waals surface area contributed by atoms with Crippen LogP contribution < -0.4 is 11.2 Å². The summed E-state index contributed by atoms with van der Waals surface area (Å²) in [6, 6.07) is 7.26. The molecule has 0 saturated heterocycles. The van der Waals surface area contributed by atoms with Gasteiger partial charge in [-0.15, -0.1) is 0 Å². The number of nitrogens with one attached hydrogen (secondary N) is 1. The van der Waals surface area contributed by atoms with Gasteiger partial charge in [0.05, 0.1) is 29.1 Å². The molecule has 1 N–H and O–H groups in total. The van der Waals surface area contributed by atoms with Gasteiger partial charge in [0.15, 0.2) is 0 Å². The van der Waals surface area contributed by atoms with Gasteiger partial charge in [0.2, 0.25) is 0 Å². The van der Waals surface area contributed by atoms with E-state index in [0.717, 1.165) is 12.1 Å². The largest absolute Gasteiger partial charge is 0.416 e. The van der Waals surface area contributed by atoms with E-state index in [9.17, 15) is 27.2 Å². The van der Waals surface area contributed by atoms with Crippen LogP contribution in [-0.2, 0) is 17.5 Å². The molecule has 0 bridgehead atoms. The maximum absolute atomic E-state index is 13.5. The lowest BCUT2D eigenvalue weighted by Gasteiger charge is -2.25. The second kappa shape index (κ2) is 7.03. The van der Waals surface area contributed by atoms with Crippen molar-refractivity contribution in [1.29, 1.82) is 0 Å². The number of hydrogen-bond donors (Lipinski definition) is 2. The number of methoxy groups -OCH3 is 1. The van der Waals surface area contributed by atoms with Crippen molar-refractivity contribution in [3.63, 3.8) is 0 Å². The molecule has 3 aromatic rings. The normalized spacial score (nSPS) is 20.6. The predicted molar refractivity (Wildman–Crippen MR) is 101 cm³/mol. The number of nitrogens with zero attached hydrogens (tertiary/aromatic N) is 1. The highest BCUT2D eigenvalue weighted by atomic mass is 32.2. The molecular weight excluding hydrogens is 412 g/mol. The van der Waals surface area contributed by atoms with E-state index in [0.29, 0.717) is 10.6 Å². The van der Waals surface area contributed by atoms with Crippen LogP contribution in [0, 0.1) is 5.82 Å². The Bertz CT molecular complexity index is 1200. The molecule has 2 atom stereocenters. The summed E-state index contributed by atoms with van der Waals surface area (Å²) in [4.78, 5) is 27.8. The lowest BCUT2D eigenvalue weighted by atomic mass is 10.1. The maximum Gasteiger partial charge on any atom is 0.416 e. The monoisotopic (exact) mass is 428 g/mol. The number of ether oxygens (including phenoxy) is 1. The molecule has 0 aliphatic carbocycles. The molecule has 0 spiro atoms. The van der Waals surface area contributed by atoms with Crippen molar-refractivity contribution in [2.45, 2.75) is 28.6 Å². The van der Waals surface area contributed by atoms with Crippen LogP contribution in [0.1, 0.15) is 5.56 Å². The molecule has 0 amide bonds. The van der Waals surface area contributed by atoms with Crippen LogP contribution in [0.25, 0.3) is 10.9 Å². The summed E-state index contributed by atoms with van der Waals surface area (Å²) in [6.07, 6.45) is -5.14. The fourth-order valence-electron chi connectivity index (χ4n) is 3.53. The molecule has 1 aromatic heterocycles. The van der Waals surface area contributed by atoms with E-state index in [1.807, 2.05) is 0 Å². The molecule has 2 unspecified atom stereocenters. The van der Waals surface area contributed by atoms with E-state index in [-0.39, 0.29) is 22.3 Å². The Balaban J connectivity index is 2.11. The van der Waals surface area contributed by atoms with Crippen molar-refractivity contribution in [3.05, 3.63) is 68.6 Å². The first-order chi connectivity index (χ1) is 13.7. The number of aromatic nitrogens is 2. The Morgan fingerprint density at radius 1 is 1.17 bits per heavy atom. The molecule has 10 heteroatoms. The molecule has 1 aliphatic rings. The summed E-state index contributed by atoms with van der Waals surface area (Å²) in [7, 11) is 0.00375. The second-order valence-corrected chi connectivity index (χ2v) is 8.92. The molecule has 0 radical (unpaired) electrons. The third kappa shape index (κ3) is 3.46. The Morgan fingerprint density at radius 2 is 1.86 bits per heavy atom. The third-order valence-electron chi connectivity index (χ3n) is 4.93. The predicted octanol–water partition coefficient (Wildman–Crippen LogP) is 3.30. The number of aromatic amines is 1. The summed E-state index contributed by atoms with van der Waals surface area (Å²) in [5, 5.41) is -0.208. The first kappa shape index (κ1) is 19.7. The molecule has 154 valence electrons. The zero-order chi connectivity index (χ0) is 20.9. The Labute approximate surface area is 164 Å². The molecule has 2 heterocycles. The quantitative estimate of drug-likeness (QED) is 0.486. The topological polar surface area (TPSA) is 64.1 Å². The van der Waals surface area contributed by atoms with Crippen molar-refractivity contribution in [3.8, 4) is 0 Å². The van der Waals surface area contributed by atoms with Crippen molar-refractivity contribution >= 4 is 21.8 Å². The minimum absolute atomic E-state index is 0.0843. The van der Waals surface area contributed by atoms with E-state index < -0.39 is 45.8 Å². The standard InChI is InChI=1S/C19H16F4N2O3S/c1-28-12-8-25-16-14(17(26)24-18(25)27)6-10(19(21,22)23)7-15(16)29(9-12)13-4-2-11(20)3-5-13/h2-7,12,29H,8-9H2,1H3,(H,24,26,27). The van der Waals surface area contributed by atoms with Gasteiger partial charge in [0.25, 0.3) is 5.56 Å². The van der Waals surface area contributed by atoms with Gasteiger partial charge in [-0.1, -0.05) is 0 Å². The van der Waals surface area contributed by atoms with Gasteiger partial charge in [-0.25, -0.2) is 9.18 Å². The number of halogens is 4. The average Bonchev–Trinajstić information content (AvgIpc) is 2.83. The third-order valence-corrected chi connectivity index (χ3v) is 7.55. The summed E-state index contributed by atoms with van der Waals surface area (Å²) >= 11 is 0. The van der Waals surface area contributed by atoms with Crippen LogP contribution in [0.3, 0.4) is 0 Å². The minimum atomic E-state index is -4.67. The number of benzene rings is 2. The molecule has 29 heavy (non-hydrogen) atoms. The van der Waals surface area contributed by atoms with Crippen LogP contribution in [0.2, 0.25) is 0 Å². The molecule has 4 rings (SSSR count). The van der Waals surface area contributed by atoms with Crippen LogP contribution in [-0.4, -0.2) is 28.5 Å². The van der Waals surface area contributed by atoms with Crippen LogP contribution in [0.4, 0.5) is 17.6 Å². The molecular formula is C19H16F4N2O3S. The Morgan fingerprint density at radius 3 is 2.48 bits per heavy atom. The van der Waals surface area contributed by atoms with Gasteiger partial charge >= 0.3 is 11.9 Å². The lowest BCUT2D eigenvalue weighted by Crippen LogP contribution is -2.34. The summed E-state index contributed by atoms with van der Waals surface area (Å²) < 4.78 is 60.8. The smallest absolute Gasteiger partial charge is 0.379 e. The number of hydrogen-bond acceptors (Lipinski definition) is 3. The molecule has 0 saturated carbocycles. The number of thiol groups is 1. The number of H-pyrrole nitrogens is 1. The molecule has 5 nitrogen and oxygen atoms in total. The van der Waals surface area contributed by atoms with Gasteiger partial charge in [0, 0.05) is 17.8 Å². The highest BCUT2D eigenvalue weighted by Crippen LogP contribution is 2.50. The van der Waals surface area contributed by atoms with Gasteiger partial charge in [-0.05, 0) is 41.3 Å². The second-order valence-electron chi connectivity index (χ2n) is 6.70. The SMILES string of the molecule is COC1Cn2c(=O)[nH]c(=O)c3cc(C(F)(F)F)cc(c32)[SH](c2ccc(F)cc2)C1. The maximum atomic E-state index is 13.5. The van der Waals surface area contributed by atoms with Gasteiger partial charge in [-0.3, -0.25) is 14.3 Å². The highest BCUT2D eigenvalue weighted by molar-refractivity contribution is 8.17. The van der Waals surface area contributed by atoms with Gasteiger partial charge in [0.1, 0.15) is 5.82 Å². The van der Waals surface area contributed by atoms with E-state index in [1.54, 1.807) is 0 Å². The average molecular weight is 428 g/mol. The number of rotatable bonds is 2. The van der Waals surface area contributed by atoms with E-state index in [2.05, 4.69) is 4.98 Å². The first-order valence-corrected chi connectivity index (χ1v) is 10.2. The van der Waals surface area contributed by atoms with Crippen LogP contribution >= 0.6 is 10.9 Å². The fraction of sp³-hybridized carbons (Fsp3) is 0.263. The van der Waals surface area contributed by atoms with Crippen molar-refractivity contribution in [2.75, 3.05) is 12.9 Å². The number of alkyl halides is 3. The summed E-state index contributed by atoms with van der Waals surface area (Å²) in [6.45, 7) is 0.0843. The van der Waals surface area contributed by atoms with E-state index in [1.165, 1.54) is 35.9 Å². The van der Waals surface area contributed by atoms with Gasteiger partial charge in [-0.2, -0.15) is 24.1 Å². The summed E-state index contributed by atoms with van der Waals surface area (Å²) in [5.41, 5.74) is -2.39. The summed E-state index contributed by atoms with van der Waals surface area (Å²) in [5.74, 6) is -0.146. The van der Waals surface area contributed by atoms with Gasteiger partial charge < -0.3 is 4.74 Å². The van der Waals surface area contributed by atoms with Crippen molar-refractivity contribution in [2.24, 2.45) is 0 Å². The zero-order valence-corrected chi connectivity index (χ0v) is 16.0. The van der Waals surface area contributed by atoms with Crippen molar-refractivity contribution < 1.29 is 22.3 Å². The molecule has 0 fully saturated rings. The first-order valence-electron chi connectivity index (χ1n) is 8.63. The Kier molecular flexibility index (Phi) is 4.78. The molecule has 1 aliphatic heterocycles. The highest BCUT2D eigenvalue weighted by Gasteiger charge is 2.34.